The van der Waals surface area contributed by atoms with E-state index in [4.69, 9.17) is 15.7 Å². The first-order chi connectivity index (χ1) is 13.6. The number of rotatable bonds is 6. The fraction of sp³-hybridized carbons (Fsp3) is 0.273. The number of anilines is 1. The lowest BCUT2D eigenvalue weighted by atomic mass is 10.1. The van der Waals surface area contributed by atoms with E-state index in [1.165, 1.54) is 30.6 Å². The van der Waals surface area contributed by atoms with Gasteiger partial charge in [-0.05, 0) is 56.2 Å². The van der Waals surface area contributed by atoms with E-state index in [0.29, 0.717) is 5.13 Å². The first-order valence-electron chi connectivity index (χ1n) is 9.61. The van der Waals surface area contributed by atoms with Gasteiger partial charge in [0.25, 0.3) is 0 Å². The van der Waals surface area contributed by atoms with E-state index in [2.05, 4.69) is 29.0 Å². The molecule has 142 valence electrons. The Morgan fingerprint density at radius 1 is 0.857 bits per heavy atom. The second-order valence-electron chi connectivity index (χ2n) is 6.89. The molecule has 0 saturated carbocycles. The van der Waals surface area contributed by atoms with Gasteiger partial charge in [0, 0.05) is 11.4 Å². The van der Waals surface area contributed by atoms with Crippen LogP contribution in [-0.4, -0.2) is 19.9 Å². The normalized spacial score (nSPS) is 11.2. The third kappa shape index (κ3) is 3.87. The summed E-state index contributed by atoms with van der Waals surface area (Å²) in [7, 11) is 0. The molecular formula is C22H23N5S. The van der Waals surface area contributed by atoms with Crippen LogP contribution in [0.5, 0.6) is 0 Å². The fourth-order valence-electron chi connectivity index (χ4n) is 3.23. The molecule has 4 rings (SSSR count). The van der Waals surface area contributed by atoms with Crippen molar-refractivity contribution in [2.45, 2.75) is 39.5 Å². The van der Waals surface area contributed by atoms with Gasteiger partial charge in [-0.3, -0.25) is 9.97 Å². The second kappa shape index (κ2) is 8.02. The smallest absolute Gasteiger partial charge is 0.181 e. The number of hydrogen-bond donors (Lipinski definition) is 1. The molecule has 0 saturated heterocycles. The van der Waals surface area contributed by atoms with Crippen LogP contribution in [-0.2, 0) is 6.42 Å². The molecule has 28 heavy (non-hydrogen) atoms. The second-order valence-corrected chi connectivity index (χ2v) is 7.92. The highest BCUT2D eigenvalue weighted by molar-refractivity contribution is 7.19. The van der Waals surface area contributed by atoms with Crippen molar-refractivity contribution in [3.8, 4) is 22.0 Å². The number of nitrogen functional groups attached to an aromatic ring is 1. The van der Waals surface area contributed by atoms with Crippen molar-refractivity contribution in [2.75, 3.05) is 5.73 Å². The SMILES string of the molecule is CCCCCc1ccc2nc(-c3sc(N)nc3-c3cccc(C)n3)ccc2n1. The highest BCUT2D eigenvalue weighted by Crippen LogP contribution is 2.36. The van der Waals surface area contributed by atoms with Crippen molar-refractivity contribution in [2.24, 2.45) is 0 Å². The number of thiazole rings is 1. The van der Waals surface area contributed by atoms with Crippen LogP contribution < -0.4 is 5.73 Å². The molecule has 0 bridgehead atoms. The molecule has 4 aromatic rings. The summed E-state index contributed by atoms with van der Waals surface area (Å²) < 4.78 is 0. The molecule has 2 N–H and O–H groups in total. The maximum absolute atomic E-state index is 6.02. The van der Waals surface area contributed by atoms with Crippen LogP contribution >= 0.6 is 11.3 Å². The Bertz CT molecular complexity index is 1120. The number of fused-ring (bicyclic) bond motifs is 1. The first kappa shape index (κ1) is 18.5. The Balaban J connectivity index is 1.71. The highest BCUT2D eigenvalue weighted by Gasteiger charge is 2.16. The highest BCUT2D eigenvalue weighted by atomic mass is 32.1. The molecule has 0 amide bonds. The molecule has 0 aromatic carbocycles. The van der Waals surface area contributed by atoms with Gasteiger partial charge in [0.05, 0.1) is 27.3 Å². The minimum atomic E-state index is 0.514. The van der Waals surface area contributed by atoms with Gasteiger partial charge in [-0.15, -0.1) is 0 Å². The minimum Gasteiger partial charge on any atom is -0.375 e. The van der Waals surface area contributed by atoms with Crippen LogP contribution in [0, 0.1) is 6.92 Å². The van der Waals surface area contributed by atoms with Crippen molar-refractivity contribution in [3.63, 3.8) is 0 Å². The van der Waals surface area contributed by atoms with Gasteiger partial charge in [-0.25, -0.2) is 9.97 Å². The Labute approximate surface area is 168 Å². The third-order valence-corrected chi connectivity index (χ3v) is 5.55. The largest absolute Gasteiger partial charge is 0.375 e. The average Bonchev–Trinajstić information content (AvgIpc) is 3.09. The molecule has 0 aliphatic carbocycles. The van der Waals surface area contributed by atoms with Gasteiger partial charge in [-0.2, -0.15) is 0 Å². The van der Waals surface area contributed by atoms with Gasteiger partial charge >= 0.3 is 0 Å². The van der Waals surface area contributed by atoms with Crippen LogP contribution in [0.15, 0.2) is 42.5 Å². The van der Waals surface area contributed by atoms with Crippen molar-refractivity contribution in [1.29, 1.82) is 0 Å². The van der Waals surface area contributed by atoms with Gasteiger partial charge in [0.1, 0.15) is 5.69 Å². The molecule has 0 unspecified atom stereocenters. The van der Waals surface area contributed by atoms with Crippen molar-refractivity contribution in [3.05, 3.63) is 53.9 Å². The summed E-state index contributed by atoms with van der Waals surface area (Å²) in [6, 6.07) is 14.1. The summed E-state index contributed by atoms with van der Waals surface area (Å²) in [5, 5.41) is 0.514. The Morgan fingerprint density at radius 3 is 2.50 bits per heavy atom. The topological polar surface area (TPSA) is 77.6 Å². The first-order valence-corrected chi connectivity index (χ1v) is 10.4. The van der Waals surface area contributed by atoms with E-state index in [9.17, 15) is 0 Å². The number of pyridine rings is 3. The van der Waals surface area contributed by atoms with Gasteiger partial charge in [0.2, 0.25) is 0 Å². The summed E-state index contributed by atoms with van der Waals surface area (Å²) in [5.41, 5.74) is 12.3. The number of hydrogen-bond acceptors (Lipinski definition) is 6. The van der Waals surface area contributed by atoms with Crippen molar-refractivity contribution >= 4 is 27.5 Å². The lowest BCUT2D eigenvalue weighted by Crippen LogP contribution is -1.94. The van der Waals surface area contributed by atoms with Crippen LogP contribution in [0.25, 0.3) is 33.0 Å². The maximum atomic E-state index is 6.02. The van der Waals surface area contributed by atoms with Crippen molar-refractivity contribution in [1.82, 2.24) is 19.9 Å². The molecule has 5 nitrogen and oxygen atoms in total. The fourth-order valence-corrected chi connectivity index (χ4v) is 4.04. The van der Waals surface area contributed by atoms with Crippen LogP contribution in [0.4, 0.5) is 5.13 Å². The van der Waals surface area contributed by atoms with E-state index < -0.39 is 0 Å². The van der Waals surface area contributed by atoms with Crippen LogP contribution in [0.3, 0.4) is 0 Å². The standard InChI is InChI=1S/C22H23N5S/c1-3-4-5-8-15-10-11-17-16(25-15)12-13-19(26-17)21-20(27-22(23)28-21)18-9-6-7-14(2)24-18/h6-7,9-13H,3-5,8H2,1-2H3,(H2,23,27). The van der Waals surface area contributed by atoms with Gasteiger partial charge in [-0.1, -0.05) is 37.2 Å². The molecular weight excluding hydrogens is 366 g/mol. The predicted molar refractivity (Wildman–Crippen MR) is 116 cm³/mol. The molecule has 6 heteroatoms. The van der Waals surface area contributed by atoms with Gasteiger partial charge < -0.3 is 5.73 Å². The number of aromatic nitrogens is 4. The van der Waals surface area contributed by atoms with Gasteiger partial charge in [0.15, 0.2) is 5.13 Å². The molecule has 0 spiro atoms. The zero-order valence-corrected chi connectivity index (χ0v) is 17.0. The summed E-state index contributed by atoms with van der Waals surface area (Å²) in [4.78, 5) is 19.6. The van der Waals surface area contributed by atoms with Crippen LogP contribution in [0.1, 0.15) is 37.6 Å². The summed E-state index contributed by atoms with van der Waals surface area (Å²) in [5.74, 6) is 0. The Hall–Kier alpha value is -2.86. The predicted octanol–water partition coefficient (Wildman–Crippen LogP) is 5.44. The molecule has 4 aromatic heterocycles. The van der Waals surface area contributed by atoms with E-state index in [1.807, 2.05) is 37.3 Å². The lowest BCUT2D eigenvalue weighted by Gasteiger charge is -2.06. The lowest BCUT2D eigenvalue weighted by molar-refractivity contribution is 0.709. The molecule has 0 radical (unpaired) electrons. The minimum absolute atomic E-state index is 0.514. The summed E-state index contributed by atoms with van der Waals surface area (Å²) >= 11 is 1.44. The zero-order chi connectivity index (χ0) is 19.5. The van der Waals surface area contributed by atoms with Crippen LogP contribution in [0.2, 0.25) is 0 Å². The summed E-state index contributed by atoms with van der Waals surface area (Å²) in [6.45, 7) is 4.18. The number of nitrogens with zero attached hydrogens (tertiary/aromatic N) is 4. The van der Waals surface area contributed by atoms with E-state index >= 15 is 0 Å². The van der Waals surface area contributed by atoms with Crippen molar-refractivity contribution < 1.29 is 0 Å². The average molecular weight is 390 g/mol. The summed E-state index contributed by atoms with van der Waals surface area (Å²) in [6.07, 6.45) is 4.64. The van der Waals surface area contributed by atoms with E-state index in [-0.39, 0.29) is 0 Å². The molecule has 0 atom stereocenters. The Kier molecular flexibility index (Phi) is 5.30. The number of nitrogens with two attached hydrogens (primary N) is 1. The Morgan fingerprint density at radius 2 is 1.68 bits per heavy atom. The third-order valence-electron chi connectivity index (χ3n) is 4.64. The quantitative estimate of drug-likeness (QED) is 0.444. The molecule has 0 fully saturated rings. The zero-order valence-electron chi connectivity index (χ0n) is 16.1. The molecule has 4 heterocycles. The molecule has 0 aliphatic heterocycles. The number of unbranched alkanes of at least 4 members (excludes halogenated alkanes) is 2. The van der Waals surface area contributed by atoms with E-state index in [0.717, 1.165) is 50.8 Å². The monoisotopic (exact) mass is 389 g/mol. The number of aryl methyl sites for hydroxylation is 2. The van der Waals surface area contributed by atoms with E-state index in [1.54, 1.807) is 0 Å². The maximum Gasteiger partial charge on any atom is 0.181 e. The molecule has 0 aliphatic rings.